The van der Waals surface area contributed by atoms with E-state index in [4.69, 9.17) is 18.6 Å². The fourth-order valence-corrected chi connectivity index (χ4v) is 3.24. The smallest absolute Gasteiger partial charge is 0.344 e. The minimum atomic E-state index is -0.642. The maximum Gasteiger partial charge on any atom is 0.344 e. The number of ether oxygens (including phenoxy) is 3. The summed E-state index contributed by atoms with van der Waals surface area (Å²) in [5, 5.41) is 4.53. The Balaban J connectivity index is 1.38. The van der Waals surface area contributed by atoms with Gasteiger partial charge in [-0.1, -0.05) is 30.3 Å². The predicted octanol–water partition coefficient (Wildman–Crippen LogP) is 4.46. The van der Waals surface area contributed by atoms with Gasteiger partial charge in [-0.25, -0.2) is 4.79 Å². The van der Waals surface area contributed by atoms with E-state index in [1.807, 2.05) is 43.3 Å². The Kier molecular flexibility index (Phi) is 5.75. The zero-order valence-electron chi connectivity index (χ0n) is 17.1. The molecule has 0 unspecified atom stereocenters. The molecule has 0 saturated heterocycles. The molecule has 0 radical (unpaired) electrons. The van der Waals surface area contributed by atoms with E-state index in [9.17, 15) is 9.59 Å². The maximum absolute atomic E-state index is 12.3. The molecule has 3 aromatic carbocycles. The minimum Gasteiger partial charge on any atom is -0.495 e. The topological polar surface area (TPSA) is 87.0 Å². The molecule has 4 rings (SSSR count). The summed E-state index contributed by atoms with van der Waals surface area (Å²) in [6.45, 7) is 1.19. The van der Waals surface area contributed by atoms with Gasteiger partial charge in [0.15, 0.2) is 13.2 Å². The van der Waals surface area contributed by atoms with Crippen LogP contribution in [0.4, 0.5) is 5.69 Å². The highest BCUT2D eigenvalue weighted by Gasteiger charge is 2.15. The standard InChI is InChI=1S/C24H21NO6/c1-15-6-5-7-16(10-15)29-14-24(27)30-13-23(26)25-19-12-21-18(11-22(19)28-2)17-8-3-4-9-20(17)31-21/h3-12H,13-14H2,1-2H3,(H,25,26). The molecule has 0 bridgehead atoms. The van der Waals surface area contributed by atoms with Crippen molar-refractivity contribution in [1.29, 1.82) is 0 Å². The van der Waals surface area contributed by atoms with Gasteiger partial charge in [-0.15, -0.1) is 0 Å². The van der Waals surface area contributed by atoms with Crippen LogP contribution in [0.3, 0.4) is 0 Å². The van der Waals surface area contributed by atoms with Crippen molar-refractivity contribution < 1.29 is 28.2 Å². The van der Waals surface area contributed by atoms with Crippen LogP contribution in [-0.4, -0.2) is 32.2 Å². The van der Waals surface area contributed by atoms with Crippen molar-refractivity contribution in [1.82, 2.24) is 0 Å². The molecule has 1 heterocycles. The first-order valence-corrected chi connectivity index (χ1v) is 9.67. The van der Waals surface area contributed by atoms with Crippen LogP contribution in [0, 0.1) is 6.92 Å². The van der Waals surface area contributed by atoms with Gasteiger partial charge in [-0.2, -0.15) is 0 Å². The lowest BCUT2D eigenvalue weighted by molar-refractivity contribution is -0.149. The molecule has 0 aliphatic rings. The number of hydrogen-bond donors (Lipinski definition) is 1. The van der Waals surface area contributed by atoms with E-state index >= 15 is 0 Å². The second-order valence-corrected chi connectivity index (χ2v) is 6.96. The number of anilines is 1. The summed E-state index contributed by atoms with van der Waals surface area (Å²) in [6, 6.07) is 18.4. The van der Waals surface area contributed by atoms with Crippen molar-refractivity contribution in [3.8, 4) is 11.5 Å². The van der Waals surface area contributed by atoms with Crippen LogP contribution in [0.2, 0.25) is 0 Å². The summed E-state index contributed by atoms with van der Waals surface area (Å²) < 4.78 is 21.6. The average Bonchev–Trinajstić information content (AvgIpc) is 3.13. The number of carbonyl (C=O) groups excluding carboxylic acids is 2. The van der Waals surface area contributed by atoms with Crippen LogP contribution in [0.5, 0.6) is 11.5 Å². The summed E-state index contributed by atoms with van der Waals surface area (Å²) in [5.41, 5.74) is 2.79. The van der Waals surface area contributed by atoms with Gasteiger partial charge < -0.3 is 23.9 Å². The number of rotatable bonds is 7. The summed E-state index contributed by atoms with van der Waals surface area (Å²) >= 11 is 0. The van der Waals surface area contributed by atoms with Crippen LogP contribution < -0.4 is 14.8 Å². The SMILES string of the molecule is COc1cc2c(cc1NC(=O)COC(=O)COc1cccc(C)c1)oc1ccccc12. The molecule has 0 fully saturated rings. The van der Waals surface area contributed by atoms with Crippen LogP contribution in [0.1, 0.15) is 5.56 Å². The molecule has 0 saturated carbocycles. The number of hydrogen-bond acceptors (Lipinski definition) is 6. The van der Waals surface area contributed by atoms with Gasteiger partial charge in [0.25, 0.3) is 5.91 Å². The van der Waals surface area contributed by atoms with E-state index in [1.54, 1.807) is 24.3 Å². The van der Waals surface area contributed by atoms with Crippen molar-refractivity contribution >= 4 is 39.5 Å². The Morgan fingerprint density at radius 3 is 2.58 bits per heavy atom. The number of furan rings is 1. The lowest BCUT2D eigenvalue weighted by Crippen LogP contribution is -2.23. The first-order valence-electron chi connectivity index (χ1n) is 9.67. The highest BCUT2D eigenvalue weighted by atomic mass is 16.6. The number of benzene rings is 3. The van der Waals surface area contributed by atoms with E-state index in [0.717, 1.165) is 21.9 Å². The van der Waals surface area contributed by atoms with Crippen LogP contribution >= 0.6 is 0 Å². The van der Waals surface area contributed by atoms with Gasteiger partial charge in [0, 0.05) is 16.8 Å². The van der Waals surface area contributed by atoms with E-state index in [0.29, 0.717) is 22.8 Å². The molecule has 0 spiro atoms. The fourth-order valence-electron chi connectivity index (χ4n) is 3.24. The first kappa shape index (κ1) is 20.3. The molecule has 158 valence electrons. The molecule has 1 amide bonds. The first-order chi connectivity index (χ1) is 15.0. The van der Waals surface area contributed by atoms with Gasteiger partial charge in [-0.3, -0.25) is 4.79 Å². The van der Waals surface area contributed by atoms with Crippen LogP contribution in [0.25, 0.3) is 21.9 Å². The monoisotopic (exact) mass is 419 g/mol. The Labute approximate surface area is 178 Å². The summed E-state index contributed by atoms with van der Waals surface area (Å²) in [6.07, 6.45) is 0. The third-order valence-corrected chi connectivity index (χ3v) is 4.68. The highest BCUT2D eigenvalue weighted by Crippen LogP contribution is 2.36. The van der Waals surface area contributed by atoms with Crippen LogP contribution in [0.15, 0.2) is 65.1 Å². The average molecular weight is 419 g/mol. The van der Waals surface area contributed by atoms with E-state index in [-0.39, 0.29) is 6.61 Å². The number of esters is 1. The molecule has 0 atom stereocenters. The number of carbonyl (C=O) groups is 2. The largest absolute Gasteiger partial charge is 0.495 e. The molecule has 0 aliphatic heterocycles. The second kappa shape index (κ2) is 8.79. The predicted molar refractivity (Wildman–Crippen MR) is 117 cm³/mol. The molecule has 0 aliphatic carbocycles. The summed E-state index contributed by atoms with van der Waals surface area (Å²) in [5.74, 6) is -0.110. The highest BCUT2D eigenvalue weighted by molar-refractivity contribution is 6.07. The van der Waals surface area contributed by atoms with Crippen molar-refractivity contribution in [2.75, 3.05) is 25.6 Å². The summed E-state index contributed by atoms with van der Waals surface area (Å²) in [7, 11) is 1.52. The molecule has 7 heteroatoms. The van der Waals surface area contributed by atoms with Crippen molar-refractivity contribution in [3.63, 3.8) is 0 Å². The molecule has 1 N–H and O–H groups in total. The van der Waals surface area contributed by atoms with Gasteiger partial charge in [0.2, 0.25) is 0 Å². The minimum absolute atomic E-state index is 0.287. The normalized spacial score (nSPS) is 10.8. The van der Waals surface area contributed by atoms with Crippen molar-refractivity contribution in [3.05, 3.63) is 66.2 Å². The van der Waals surface area contributed by atoms with E-state index in [2.05, 4.69) is 5.32 Å². The molecule has 31 heavy (non-hydrogen) atoms. The Hall–Kier alpha value is -4.00. The van der Waals surface area contributed by atoms with Crippen LogP contribution in [-0.2, 0) is 14.3 Å². The third kappa shape index (κ3) is 4.61. The number of aryl methyl sites for hydroxylation is 1. The molecule has 1 aromatic heterocycles. The third-order valence-electron chi connectivity index (χ3n) is 4.68. The lowest BCUT2D eigenvalue weighted by Gasteiger charge is -2.11. The number of para-hydroxylation sites is 1. The number of methoxy groups -OCH3 is 1. The molecule has 4 aromatic rings. The zero-order valence-corrected chi connectivity index (χ0v) is 17.1. The van der Waals surface area contributed by atoms with Crippen molar-refractivity contribution in [2.24, 2.45) is 0 Å². The quantitative estimate of drug-likeness (QED) is 0.445. The van der Waals surface area contributed by atoms with Gasteiger partial charge in [0.1, 0.15) is 22.7 Å². The summed E-state index contributed by atoms with van der Waals surface area (Å²) in [4.78, 5) is 24.2. The number of fused-ring (bicyclic) bond motifs is 3. The van der Waals surface area contributed by atoms with E-state index < -0.39 is 18.5 Å². The number of amides is 1. The molecular formula is C24H21NO6. The van der Waals surface area contributed by atoms with Crippen molar-refractivity contribution in [2.45, 2.75) is 6.92 Å². The van der Waals surface area contributed by atoms with Gasteiger partial charge in [0.05, 0.1) is 12.8 Å². The van der Waals surface area contributed by atoms with E-state index in [1.165, 1.54) is 7.11 Å². The molecular weight excluding hydrogens is 398 g/mol. The Morgan fingerprint density at radius 1 is 0.935 bits per heavy atom. The second-order valence-electron chi connectivity index (χ2n) is 6.96. The lowest BCUT2D eigenvalue weighted by atomic mass is 10.1. The van der Waals surface area contributed by atoms with Gasteiger partial charge >= 0.3 is 5.97 Å². The molecule has 7 nitrogen and oxygen atoms in total. The number of nitrogens with one attached hydrogen (secondary N) is 1. The zero-order chi connectivity index (χ0) is 21.8. The Morgan fingerprint density at radius 2 is 1.77 bits per heavy atom. The fraction of sp³-hybridized carbons (Fsp3) is 0.167. The Bertz CT molecular complexity index is 1260. The van der Waals surface area contributed by atoms with Gasteiger partial charge in [-0.05, 0) is 36.8 Å². The maximum atomic E-state index is 12.3.